The molecule has 3 nitrogen and oxygen atoms in total. The highest BCUT2D eigenvalue weighted by Crippen LogP contribution is 2.13. The third kappa shape index (κ3) is 3.48. The molecule has 0 radical (unpaired) electrons. The standard InChI is InChI=1S/C10H13ClO3S/c1-8-2-4-10(5-3-8)15(13,14)7-9(12)6-11/h2-5,9,12H,6-7H2,1H3/t9-/m0/s1. The van der Waals surface area contributed by atoms with Crippen LogP contribution in [0.2, 0.25) is 0 Å². The van der Waals surface area contributed by atoms with Crippen LogP contribution in [0, 0.1) is 6.92 Å². The molecule has 0 aliphatic heterocycles. The first-order chi connectivity index (χ1) is 6.95. The fourth-order valence-electron chi connectivity index (χ4n) is 1.14. The molecule has 1 rings (SSSR count). The second kappa shape index (κ2) is 4.96. The Kier molecular flexibility index (Phi) is 4.13. The SMILES string of the molecule is Cc1ccc(S(=O)(=O)C[C@@H](O)CCl)cc1. The van der Waals surface area contributed by atoms with Gasteiger partial charge in [-0.1, -0.05) is 17.7 Å². The number of aryl methyl sites for hydroxylation is 1. The van der Waals surface area contributed by atoms with Gasteiger partial charge >= 0.3 is 0 Å². The fourth-order valence-corrected chi connectivity index (χ4v) is 2.75. The molecule has 5 heteroatoms. The van der Waals surface area contributed by atoms with Crippen molar-refractivity contribution in [2.24, 2.45) is 0 Å². The Labute approximate surface area is 94.6 Å². The van der Waals surface area contributed by atoms with Gasteiger partial charge in [0.2, 0.25) is 0 Å². The van der Waals surface area contributed by atoms with Crippen LogP contribution in [-0.2, 0) is 9.84 Å². The van der Waals surface area contributed by atoms with Gasteiger partial charge in [-0.15, -0.1) is 11.6 Å². The Balaban J connectivity index is 2.91. The fraction of sp³-hybridized carbons (Fsp3) is 0.400. The van der Waals surface area contributed by atoms with E-state index in [1.807, 2.05) is 6.92 Å². The molecule has 0 amide bonds. The van der Waals surface area contributed by atoms with Gasteiger partial charge in [-0.25, -0.2) is 8.42 Å². The Morgan fingerprint density at radius 1 is 1.33 bits per heavy atom. The maximum Gasteiger partial charge on any atom is 0.180 e. The first kappa shape index (κ1) is 12.5. The molecule has 0 saturated carbocycles. The summed E-state index contributed by atoms with van der Waals surface area (Å²) in [6.45, 7) is 1.88. The van der Waals surface area contributed by atoms with Crippen LogP contribution >= 0.6 is 11.6 Å². The lowest BCUT2D eigenvalue weighted by molar-refractivity contribution is 0.221. The predicted molar refractivity (Wildman–Crippen MR) is 60.0 cm³/mol. The van der Waals surface area contributed by atoms with Crippen LogP contribution in [0.3, 0.4) is 0 Å². The number of sulfone groups is 1. The van der Waals surface area contributed by atoms with Gasteiger partial charge in [0, 0.05) is 5.88 Å². The number of hydrogen-bond acceptors (Lipinski definition) is 3. The third-order valence-electron chi connectivity index (χ3n) is 1.97. The molecule has 84 valence electrons. The molecule has 0 heterocycles. The zero-order valence-electron chi connectivity index (χ0n) is 8.35. The van der Waals surface area contributed by atoms with Crippen LogP contribution in [-0.4, -0.2) is 31.3 Å². The minimum absolute atomic E-state index is 0.0783. The summed E-state index contributed by atoms with van der Waals surface area (Å²) in [5.41, 5.74) is 0.992. The maximum atomic E-state index is 11.7. The largest absolute Gasteiger partial charge is 0.391 e. The molecule has 0 unspecified atom stereocenters. The normalized spacial score (nSPS) is 13.8. The summed E-state index contributed by atoms with van der Waals surface area (Å²) in [5.74, 6) is -0.412. The first-order valence-corrected chi connectivity index (χ1v) is 6.68. The first-order valence-electron chi connectivity index (χ1n) is 4.49. The van der Waals surface area contributed by atoms with Gasteiger partial charge in [-0.3, -0.25) is 0 Å². The predicted octanol–water partition coefficient (Wildman–Crippen LogP) is 1.37. The Bertz CT molecular complexity index is 411. The maximum absolute atomic E-state index is 11.7. The third-order valence-corrected chi connectivity index (χ3v) is 4.14. The van der Waals surface area contributed by atoms with Crippen molar-refractivity contribution in [3.05, 3.63) is 29.8 Å². The summed E-state index contributed by atoms with van der Waals surface area (Å²) in [5, 5.41) is 9.20. The van der Waals surface area contributed by atoms with Crippen molar-refractivity contribution in [3.63, 3.8) is 0 Å². The highest BCUT2D eigenvalue weighted by atomic mass is 35.5. The molecule has 1 N–H and O–H groups in total. The van der Waals surface area contributed by atoms with E-state index in [1.54, 1.807) is 12.1 Å². The van der Waals surface area contributed by atoms with Crippen molar-refractivity contribution in [2.75, 3.05) is 11.6 Å². The lowest BCUT2D eigenvalue weighted by Crippen LogP contribution is -2.22. The molecule has 0 aromatic heterocycles. The van der Waals surface area contributed by atoms with Crippen molar-refractivity contribution >= 4 is 21.4 Å². The van der Waals surface area contributed by atoms with E-state index in [0.717, 1.165) is 5.56 Å². The van der Waals surface area contributed by atoms with Gasteiger partial charge in [0.25, 0.3) is 0 Å². The van der Waals surface area contributed by atoms with Crippen LogP contribution < -0.4 is 0 Å². The average Bonchev–Trinajstić information content (AvgIpc) is 2.17. The number of benzene rings is 1. The van der Waals surface area contributed by atoms with E-state index in [0.29, 0.717) is 0 Å². The van der Waals surface area contributed by atoms with E-state index in [1.165, 1.54) is 12.1 Å². The van der Waals surface area contributed by atoms with Gasteiger partial charge in [-0.2, -0.15) is 0 Å². The van der Waals surface area contributed by atoms with E-state index in [9.17, 15) is 13.5 Å². The van der Waals surface area contributed by atoms with Crippen LogP contribution in [0.1, 0.15) is 5.56 Å². The molecular weight excluding hydrogens is 236 g/mol. The number of aliphatic hydroxyl groups is 1. The lowest BCUT2D eigenvalue weighted by Gasteiger charge is -2.08. The summed E-state index contributed by atoms with van der Waals surface area (Å²) in [4.78, 5) is 0.220. The summed E-state index contributed by atoms with van der Waals surface area (Å²) < 4.78 is 23.4. The molecule has 1 atom stereocenters. The minimum Gasteiger partial charge on any atom is -0.391 e. The Morgan fingerprint density at radius 2 is 1.87 bits per heavy atom. The summed E-state index contributed by atoms with van der Waals surface area (Å²) >= 11 is 5.36. The van der Waals surface area contributed by atoms with Crippen LogP contribution in [0.15, 0.2) is 29.2 Å². The monoisotopic (exact) mass is 248 g/mol. The summed E-state index contributed by atoms with van der Waals surface area (Å²) in [6.07, 6.45) is -1.02. The molecule has 0 fully saturated rings. The Hall–Kier alpha value is -0.580. The molecular formula is C10H13ClO3S. The van der Waals surface area contributed by atoms with E-state index in [2.05, 4.69) is 0 Å². The van der Waals surface area contributed by atoms with E-state index in [-0.39, 0.29) is 16.5 Å². The van der Waals surface area contributed by atoms with Crippen molar-refractivity contribution in [3.8, 4) is 0 Å². The molecule has 0 bridgehead atoms. The van der Waals surface area contributed by atoms with E-state index < -0.39 is 15.9 Å². The highest BCUT2D eigenvalue weighted by Gasteiger charge is 2.18. The average molecular weight is 249 g/mol. The molecule has 0 aliphatic carbocycles. The number of alkyl halides is 1. The van der Waals surface area contributed by atoms with Gasteiger partial charge in [-0.05, 0) is 19.1 Å². The topological polar surface area (TPSA) is 54.4 Å². The van der Waals surface area contributed by atoms with E-state index >= 15 is 0 Å². The molecule has 0 aliphatic rings. The summed E-state index contributed by atoms with van der Waals surface area (Å²) in [6, 6.07) is 6.51. The van der Waals surface area contributed by atoms with Gasteiger partial charge in [0.1, 0.15) is 0 Å². The van der Waals surface area contributed by atoms with E-state index in [4.69, 9.17) is 11.6 Å². The van der Waals surface area contributed by atoms with Crippen LogP contribution in [0.25, 0.3) is 0 Å². The number of aliphatic hydroxyl groups excluding tert-OH is 1. The smallest absolute Gasteiger partial charge is 0.180 e. The minimum atomic E-state index is -3.42. The second-order valence-electron chi connectivity index (χ2n) is 3.40. The van der Waals surface area contributed by atoms with Gasteiger partial charge in [0.15, 0.2) is 9.84 Å². The quantitative estimate of drug-likeness (QED) is 0.819. The lowest BCUT2D eigenvalue weighted by atomic mass is 10.2. The van der Waals surface area contributed by atoms with Crippen molar-refractivity contribution in [1.82, 2.24) is 0 Å². The van der Waals surface area contributed by atoms with Gasteiger partial charge < -0.3 is 5.11 Å². The second-order valence-corrected chi connectivity index (χ2v) is 5.75. The highest BCUT2D eigenvalue weighted by molar-refractivity contribution is 7.91. The zero-order chi connectivity index (χ0) is 11.5. The number of halogens is 1. The molecule has 0 spiro atoms. The molecule has 1 aromatic carbocycles. The number of hydrogen-bond donors (Lipinski definition) is 1. The molecule has 15 heavy (non-hydrogen) atoms. The van der Waals surface area contributed by atoms with Gasteiger partial charge in [0.05, 0.1) is 16.8 Å². The Morgan fingerprint density at radius 3 is 2.33 bits per heavy atom. The van der Waals surface area contributed by atoms with Crippen LogP contribution in [0.4, 0.5) is 0 Å². The number of rotatable bonds is 4. The van der Waals surface area contributed by atoms with Crippen molar-refractivity contribution in [1.29, 1.82) is 0 Å². The van der Waals surface area contributed by atoms with Crippen molar-refractivity contribution < 1.29 is 13.5 Å². The zero-order valence-corrected chi connectivity index (χ0v) is 9.92. The molecule has 0 saturated heterocycles. The van der Waals surface area contributed by atoms with Crippen LogP contribution in [0.5, 0.6) is 0 Å². The molecule has 1 aromatic rings. The summed E-state index contributed by atoms with van der Waals surface area (Å²) in [7, 11) is -3.42. The van der Waals surface area contributed by atoms with Crippen molar-refractivity contribution in [2.45, 2.75) is 17.9 Å².